The van der Waals surface area contributed by atoms with Gasteiger partial charge in [-0.15, -0.1) is 0 Å². The van der Waals surface area contributed by atoms with Crippen molar-refractivity contribution in [2.75, 3.05) is 45.8 Å². The van der Waals surface area contributed by atoms with Gasteiger partial charge in [-0.05, 0) is 30.9 Å². The first-order valence-electron chi connectivity index (χ1n) is 13.2. The second kappa shape index (κ2) is 12.2. The van der Waals surface area contributed by atoms with E-state index < -0.39 is 0 Å². The molecule has 2 unspecified atom stereocenters. The molecule has 6 nitrogen and oxygen atoms in total. The summed E-state index contributed by atoms with van der Waals surface area (Å²) in [7, 11) is 0. The van der Waals surface area contributed by atoms with Gasteiger partial charge in [0.25, 0.3) is 0 Å². The van der Waals surface area contributed by atoms with E-state index in [1.54, 1.807) is 0 Å². The lowest BCUT2D eigenvalue weighted by molar-refractivity contribution is -0.139. The Morgan fingerprint density at radius 2 is 1.71 bits per heavy atom. The maximum absolute atomic E-state index is 13.6. The molecule has 2 heterocycles. The van der Waals surface area contributed by atoms with Gasteiger partial charge in [0.05, 0.1) is 5.92 Å². The number of nitrogens with one attached hydrogen (secondary N) is 1. The zero-order valence-corrected chi connectivity index (χ0v) is 21.3. The van der Waals surface area contributed by atoms with Crippen molar-refractivity contribution in [1.82, 2.24) is 20.0 Å². The third-order valence-electron chi connectivity index (χ3n) is 7.34. The molecule has 2 aromatic rings. The van der Waals surface area contributed by atoms with Gasteiger partial charge >= 0.3 is 6.03 Å². The molecule has 3 amide bonds. The van der Waals surface area contributed by atoms with Crippen LogP contribution in [-0.2, 0) is 11.3 Å². The predicted molar refractivity (Wildman–Crippen MR) is 140 cm³/mol. The minimum atomic E-state index is -0.160. The molecule has 0 spiro atoms. The van der Waals surface area contributed by atoms with Crippen molar-refractivity contribution in [2.45, 2.75) is 45.6 Å². The number of amides is 3. The number of hydrogen-bond acceptors (Lipinski definition) is 3. The summed E-state index contributed by atoms with van der Waals surface area (Å²) >= 11 is 0. The summed E-state index contributed by atoms with van der Waals surface area (Å²) in [6.45, 7) is 10.3. The van der Waals surface area contributed by atoms with Gasteiger partial charge in [-0.2, -0.15) is 0 Å². The number of hydrogen-bond donors (Lipinski definition) is 1. The summed E-state index contributed by atoms with van der Waals surface area (Å²) in [5, 5.41) is 3.06. The van der Waals surface area contributed by atoms with Crippen molar-refractivity contribution < 1.29 is 9.59 Å². The molecule has 2 saturated heterocycles. The fourth-order valence-electron chi connectivity index (χ4n) is 5.32. The third kappa shape index (κ3) is 6.85. The number of urea groups is 1. The van der Waals surface area contributed by atoms with Gasteiger partial charge in [0, 0.05) is 58.3 Å². The van der Waals surface area contributed by atoms with Crippen LogP contribution in [0, 0.1) is 12.8 Å². The van der Waals surface area contributed by atoms with Crippen molar-refractivity contribution in [1.29, 1.82) is 0 Å². The third-order valence-corrected chi connectivity index (χ3v) is 7.34. The predicted octanol–water partition coefficient (Wildman–Crippen LogP) is 4.25. The van der Waals surface area contributed by atoms with Crippen LogP contribution in [0.25, 0.3) is 0 Å². The number of likely N-dealkylation sites (tertiary alicyclic amines) is 1. The van der Waals surface area contributed by atoms with Gasteiger partial charge in [0.1, 0.15) is 0 Å². The molecule has 0 aliphatic carbocycles. The Bertz CT molecular complexity index is 972. The largest absolute Gasteiger partial charge is 0.340 e. The quantitative estimate of drug-likeness (QED) is 0.608. The Balaban J connectivity index is 1.40. The highest BCUT2D eigenvalue weighted by atomic mass is 16.2. The van der Waals surface area contributed by atoms with Crippen molar-refractivity contribution in [2.24, 2.45) is 5.92 Å². The maximum atomic E-state index is 13.6. The van der Waals surface area contributed by atoms with Crippen LogP contribution in [0.5, 0.6) is 0 Å². The Labute approximate surface area is 210 Å². The Morgan fingerprint density at radius 1 is 0.943 bits per heavy atom. The van der Waals surface area contributed by atoms with E-state index in [4.69, 9.17) is 0 Å². The number of carbonyl (C=O) groups is 2. The van der Waals surface area contributed by atoms with Crippen molar-refractivity contribution in [3.8, 4) is 0 Å². The van der Waals surface area contributed by atoms with Crippen LogP contribution >= 0.6 is 0 Å². The molecule has 0 aromatic heterocycles. The lowest BCUT2D eigenvalue weighted by atomic mass is 9.83. The van der Waals surface area contributed by atoms with Crippen LogP contribution in [0.1, 0.15) is 48.8 Å². The maximum Gasteiger partial charge on any atom is 0.317 e. The van der Waals surface area contributed by atoms with Crippen LogP contribution in [0.15, 0.2) is 54.6 Å². The Kier molecular flexibility index (Phi) is 8.80. The lowest BCUT2D eigenvalue weighted by Gasteiger charge is -2.41. The fraction of sp³-hybridized carbons (Fsp3) is 0.517. The number of aryl methyl sites for hydroxylation is 1. The zero-order chi connectivity index (χ0) is 24.6. The van der Waals surface area contributed by atoms with E-state index in [9.17, 15) is 9.59 Å². The van der Waals surface area contributed by atoms with E-state index in [-0.39, 0.29) is 23.8 Å². The zero-order valence-electron chi connectivity index (χ0n) is 21.3. The fourth-order valence-corrected chi connectivity index (χ4v) is 5.32. The van der Waals surface area contributed by atoms with E-state index in [2.05, 4.69) is 72.6 Å². The summed E-state index contributed by atoms with van der Waals surface area (Å²) in [6, 6.07) is 19.0. The SMILES string of the molecule is CCCCNC(=O)N1CC(C(=O)N2CCN(Cc3ccccc3)CC2)CC(c2cccc(C)c2)C1. The molecule has 188 valence electrons. The van der Waals surface area contributed by atoms with Gasteiger partial charge in [-0.1, -0.05) is 73.5 Å². The van der Waals surface area contributed by atoms with Gasteiger partial charge < -0.3 is 15.1 Å². The first-order chi connectivity index (χ1) is 17.0. The average molecular weight is 477 g/mol. The molecule has 2 aliphatic heterocycles. The van der Waals surface area contributed by atoms with E-state index in [1.165, 1.54) is 16.7 Å². The first kappa shape index (κ1) is 25.2. The van der Waals surface area contributed by atoms with E-state index in [0.717, 1.165) is 52.0 Å². The Morgan fingerprint density at radius 3 is 2.43 bits per heavy atom. The number of nitrogens with zero attached hydrogens (tertiary/aromatic N) is 3. The molecule has 0 radical (unpaired) electrons. The molecule has 0 saturated carbocycles. The van der Waals surface area contributed by atoms with Gasteiger partial charge in [0.2, 0.25) is 5.91 Å². The van der Waals surface area contributed by atoms with Crippen molar-refractivity contribution in [3.05, 3.63) is 71.3 Å². The van der Waals surface area contributed by atoms with E-state index in [1.807, 2.05) is 15.9 Å². The molecule has 2 fully saturated rings. The highest BCUT2D eigenvalue weighted by molar-refractivity contribution is 5.81. The first-order valence-corrected chi connectivity index (χ1v) is 13.2. The van der Waals surface area contributed by atoms with Crippen molar-refractivity contribution >= 4 is 11.9 Å². The van der Waals surface area contributed by atoms with Gasteiger partial charge in [0.15, 0.2) is 0 Å². The molecule has 4 rings (SSSR count). The molecule has 2 atom stereocenters. The van der Waals surface area contributed by atoms with E-state index in [0.29, 0.717) is 19.6 Å². The molecule has 2 aliphatic rings. The smallest absolute Gasteiger partial charge is 0.317 e. The molecule has 6 heteroatoms. The number of carbonyl (C=O) groups excluding carboxylic acids is 2. The van der Waals surface area contributed by atoms with Crippen LogP contribution in [-0.4, -0.2) is 72.5 Å². The molecular formula is C29H40N4O2. The summed E-state index contributed by atoms with van der Waals surface area (Å²) in [6.07, 6.45) is 2.81. The Hall–Kier alpha value is -2.86. The van der Waals surface area contributed by atoms with Gasteiger partial charge in [-0.3, -0.25) is 9.69 Å². The van der Waals surface area contributed by atoms with Crippen LogP contribution in [0.4, 0.5) is 4.79 Å². The minimum absolute atomic E-state index is 0.0405. The number of piperidine rings is 1. The molecule has 2 aromatic carbocycles. The normalized spacial score (nSPS) is 21.1. The van der Waals surface area contributed by atoms with Crippen LogP contribution in [0.3, 0.4) is 0 Å². The molecular weight excluding hydrogens is 436 g/mol. The second-order valence-electron chi connectivity index (χ2n) is 10.1. The molecule has 35 heavy (non-hydrogen) atoms. The highest BCUT2D eigenvalue weighted by Crippen LogP contribution is 2.32. The van der Waals surface area contributed by atoms with Crippen LogP contribution < -0.4 is 5.32 Å². The molecule has 0 bridgehead atoms. The minimum Gasteiger partial charge on any atom is -0.340 e. The van der Waals surface area contributed by atoms with Crippen LogP contribution in [0.2, 0.25) is 0 Å². The topological polar surface area (TPSA) is 55.9 Å². The summed E-state index contributed by atoms with van der Waals surface area (Å²) in [5.74, 6) is 0.217. The summed E-state index contributed by atoms with van der Waals surface area (Å²) in [4.78, 5) is 32.9. The standard InChI is InChI=1S/C29H40N4O2/c1-3-4-13-30-29(35)33-21-26(25-12-8-9-23(2)18-25)19-27(22-33)28(34)32-16-14-31(15-17-32)20-24-10-6-5-7-11-24/h5-12,18,26-27H,3-4,13-17,19-22H2,1-2H3,(H,30,35). The summed E-state index contributed by atoms with van der Waals surface area (Å²) < 4.78 is 0. The molecule has 1 N–H and O–H groups in total. The average Bonchev–Trinajstić information content (AvgIpc) is 2.89. The van der Waals surface area contributed by atoms with Gasteiger partial charge in [-0.25, -0.2) is 4.79 Å². The van der Waals surface area contributed by atoms with E-state index >= 15 is 0 Å². The number of rotatable bonds is 7. The second-order valence-corrected chi connectivity index (χ2v) is 10.1. The number of piperazine rings is 1. The number of unbranched alkanes of at least 4 members (excludes halogenated alkanes) is 1. The number of benzene rings is 2. The van der Waals surface area contributed by atoms with Crippen molar-refractivity contribution in [3.63, 3.8) is 0 Å². The monoisotopic (exact) mass is 476 g/mol. The lowest BCUT2D eigenvalue weighted by Crippen LogP contribution is -2.54. The summed E-state index contributed by atoms with van der Waals surface area (Å²) in [5.41, 5.74) is 3.75. The highest BCUT2D eigenvalue weighted by Gasteiger charge is 2.37.